The SMILES string of the molecule is CC.COc1cc2c(cc1OC)CN(C(=O)C1=CC=CCC=C1)CC2. The Bertz CT molecular complexity index is 701. The Morgan fingerprint density at radius 1 is 1.04 bits per heavy atom. The maximum atomic E-state index is 12.7. The second-order valence-corrected chi connectivity index (χ2v) is 5.64. The van der Waals surface area contributed by atoms with Gasteiger partial charge in [0.1, 0.15) is 0 Å². The van der Waals surface area contributed by atoms with Crippen molar-refractivity contribution in [2.24, 2.45) is 0 Å². The smallest absolute Gasteiger partial charge is 0.254 e. The lowest BCUT2D eigenvalue weighted by Crippen LogP contribution is -2.36. The van der Waals surface area contributed by atoms with Crippen LogP contribution in [0.25, 0.3) is 0 Å². The van der Waals surface area contributed by atoms with E-state index in [4.69, 9.17) is 9.47 Å². The molecule has 25 heavy (non-hydrogen) atoms. The predicted molar refractivity (Wildman–Crippen MR) is 101 cm³/mol. The molecule has 0 saturated heterocycles. The monoisotopic (exact) mass is 341 g/mol. The van der Waals surface area contributed by atoms with Crippen LogP contribution < -0.4 is 9.47 Å². The van der Waals surface area contributed by atoms with Crippen LogP contribution in [0.4, 0.5) is 0 Å². The molecule has 1 heterocycles. The highest BCUT2D eigenvalue weighted by Gasteiger charge is 2.24. The van der Waals surface area contributed by atoms with Gasteiger partial charge in [0.05, 0.1) is 14.2 Å². The standard InChI is InChI=1S/C19H21NO3.C2H6/c1-22-17-11-15-9-10-20(13-16(15)12-18(17)23-2)19(21)14-7-5-3-4-6-8-14;1-2/h3,5-8,11-12H,4,9-10,13H2,1-2H3;1-2H3. The molecule has 0 radical (unpaired) electrons. The highest BCUT2D eigenvalue weighted by Crippen LogP contribution is 2.33. The number of carbonyl (C=O) groups is 1. The van der Waals surface area contributed by atoms with Gasteiger partial charge in [0.25, 0.3) is 5.91 Å². The van der Waals surface area contributed by atoms with Crippen molar-refractivity contribution in [3.05, 3.63) is 59.2 Å². The molecule has 0 bridgehead atoms. The second kappa shape index (κ2) is 9.11. The zero-order valence-corrected chi connectivity index (χ0v) is 15.5. The van der Waals surface area contributed by atoms with Crippen LogP contribution in [0.5, 0.6) is 11.5 Å². The molecule has 1 aromatic rings. The lowest BCUT2D eigenvalue weighted by atomic mass is 9.98. The summed E-state index contributed by atoms with van der Waals surface area (Å²) in [6.45, 7) is 5.32. The Hall–Kier alpha value is -2.49. The molecule has 0 atom stereocenters. The molecule has 1 aromatic carbocycles. The van der Waals surface area contributed by atoms with Gasteiger partial charge < -0.3 is 14.4 Å². The van der Waals surface area contributed by atoms with E-state index in [1.807, 2.05) is 61.3 Å². The Morgan fingerprint density at radius 3 is 2.40 bits per heavy atom. The summed E-state index contributed by atoms with van der Waals surface area (Å²) in [5.41, 5.74) is 3.08. The van der Waals surface area contributed by atoms with Gasteiger partial charge >= 0.3 is 0 Å². The van der Waals surface area contributed by atoms with E-state index in [1.54, 1.807) is 14.2 Å². The zero-order chi connectivity index (χ0) is 18.2. The van der Waals surface area contributed by atoms with Crippen molar-refractivity contribution in [2.75, 3.05) is 20.8 Å². The summed E-state index contributed by atoms with van der Waals surface area (Å²) in [7, 11) is 3.27. The van der Waals surface area contributed by atoms with E-state index in [0.717, 1.165) is 36.3 Å². The summed E-state index contributed by atoms with van der Waals surface area (Å²) >= 11 is 0. The summed E-state index contributed by atoms with van der Waals surface area (Å²) in [6.07, 6.45) is 11.5. The first kappa shape index (κ1) is 18.8. The van der Waals surface area contributed by atoms with E-state index in [1.165, 1.54) is 5.56 Å². The molecule has 134 valence electrons. The third-order valence-electron chi connectivity index (χ3n) is 4.23. The quantitative estimate of drug-likeness (QED) is 0.832. The third kappa shape index (κ3) is 4.32. The summed E-state index contributed by atoms with van der Waals surface area (Å²) in [6, 6.07) is 3.99. The van der Waals surface area contributed by atoms with E-state index in [9.17, 15) is 4.79 Å². The molecule has 1 aliphatic heterocycles. The largest absolute Gasteiger partial charge is 0.493 e. The topological polar surface area (TPSA) is 38.8 Å². The van der Waals surface area contributed by atoms with Crippen molar-refractivity contribution in [3.8, 4) is 11.5 Å². The summed E-state index contributed by atoms with van der Waals surface area (Å²) in [4.78, 5) is 14.6. The number of ether oxygens (including phenoxy) is 2. The average molecular weight is 341 g/mol. The Balaban J connectivity index is 0.00000109. The number of rotatable bonds is 3. The van der Waals surface area contributed by atoms with Crippen molar-refractivity contribution >= 4 is 5.91 Å². The van der Waals surface area contributed by atoms with Gasteiger partial charge in [-0.15, -0.1) is 0 Å². The van der Waals surface area contributed by atoms with E-state index in [-0.39, 0.29) is 5.91 Å². The Morgan fingerprint density at radius 2 is 1.72 bits per heavy atom. The van der Waals surface area contributed by atoms with E-state index in [0.29, 0.717) is 12.3 Å². The van der Waals surface area contributed by atoms with Crippen molar-refractivity contribution < 1.29 is 14.3 Å². The minimum atomic E-state index is 0.0771. The summed E-state index contributed by atoms with van der Waals surface area (Å²) < 4.78 is 10.7. The van der Waals surface area contributed by atoms with Crippen molar-refractivity contribution in [3.63, 3.8) is 0 Å². The van der Waals surface area contributed by atoms with Gasteiger partial charge in [-0.3, -0.25) is 4.79 Å². The first-order valence-electron chi connectivity index (χ1n) is 8.79. The lowest BCUT2D eigenvalue weighted by molar-refractivity contribution is -0.127. The van der Waals surface area contributed by atoms with Crippen molar-refractivity contribution in [1.29, 1.82) is 0 Å². The average Bonchev–Trinajstić information content (AvgIpc) is 2.96. The zero-order valence-electron chi connectivity index (χ0n) is 15.5. The molecular formula is C21H27NO3. The number of hydrogen-bond donors (Lipinski definition) is 0. The lowest BCUT2D eigenvalue weighted by Gasteiger charge is -2.30. The van der Waals surface area contributed by atoms with E-state index in [2.05, 4.69) is 0 Å². The molecule has 1 aliphatic carbocycles. The fourth-order valence-electron chi connectivity index (χ4n) is 2.96. The normalized spacial score (nSPS) is 15.4. The summed E-state index contributed by atoms with van der Waals surface area (Å²) in [5, 5.41) is 0. The van der Waals surface area contributed by atoms with Gasteiger partial charge in [-0.05, 0) is 42.2 Å². The molecule has 0 N–H and O–H groups in total. The molecule has 1 amide bonds. The van der Waals surface area contributed by atoms with Gasteiger partial charge in [0, 0.05) is 18.7 Å². The van der Waals surface area contributed by atoms with Crippen LogP contribution in [-0.4, -0.2) is 31.6 Å². The van der Waals surface area contributed by atoms with Gasteiger partial charge in [-0.2, -0.15) is 0 Å². The summed E-state index contributed by atoms with van der Waals surface area (Å²) in [5.74, 6) is 1.52. The number of methoxy groups -OCH3 is 2. The number of amides is 1. The van der Waals surface area contributed by atoms with Gasteiger partial charge in [0.15, 0.2) is 11.5 Å². The maximum absolute atomic E-state index is 12.7. The highest BCUT2D eigenvalue weighted by atomic mass is 16.5. The minimum Gasteiger partial charge on any atom is -0.493 e. The molecule has 4 heteroatoms. The van der Waals surface area contributed by atoms with E-state index < -0.39 is 0 Å². The third-order valence-corrected chi connectivity index (χ3v) is 4.23. The Kier molecular flexibility index (Phi) is 6.87. The highest BCUT2D eigenvalue weighted by molar-refractivity contribution is 5.96. The molecule has 0 fully saturated rings. The van der Waals surface area contributed by atoms with Gasteiger partial charge in [-0.25, -0.2) is 0 Å². The predicted octanol–water partition coefficient (Wildman–Crippen LogP) is 4.06. The molecule has 0 aromatic heterocycles. The minimum absolute atomic E-state index is 0.0771. The van der Waals surface area contributed by atoms with Crippen molar-refractivity contribution in [2.45, 2.75) is 33.2 Å². The van der Waals surface area contributed by atoms with Crippen LogP contribution in [0, 0.1) is 0 Å². The number of hydrogen-bond acceptors (Lipinski definition) is 3. The number of nitrogens with zero attached hydrogens (tertiary/aromatic N) is 1. The molecule has 0 unspecified atom stereocenters. The fraction of sp³-hybridized carbons (Fsp3) is 0.381. The van der Waals surface area contributed by atoms with Crippen LogP contribution in [0.2, 0.25) is 0 Å². The van der Waals surface area contributed by atoms with Gasteiger partial charge in [0.2, 0.25) is 0 Å². The maximum Gasteiger partial charge on any atom is 0.254 e. The Labute approximate surface area is 150 Å². The van der Waals surface area contributed by atoms with Crippen LogP contribution in [0.1, 0.15) is 31.4 Å². The molecule has 4 nitrogen and oxygen atoms in total. The molecule has 3 rings (SSSR count). The second-order valence-electron chi connectivity index (χ2n) is 5.64. The number of benzene rings is 1. The molecule has 2 aliphatic rings. The molecular weight excluding hydrogens is 314 g/mol. The number of fused-ring (bicyclic) bond motifs is 1. The van der Waals surface area contributed by atoms with E-state index >= 15 is 0 Å². The fourth-order valence-corrected chi connectivity index (χ4v) is 2.96. The first-order chi connectivity index (χ1) is 12.2. The molecule has 0 spiro atoms. The van der Waals surface area contributed by atoms with Crippen LogP contribution in [-0.2, 0) is 17.8 Å². The van der Waals surface area contributed by atoms with Gasteiger partial charge in [-0.1, -0.05) is 38.2 Å². The molecule has 0 saturated carbocycles. The first-order valence-corrected chi connectivity index (χ1v) is 8.79. The number of carbonyl (C=O) groups excluding carboxylic acids is 1. The van der Waals surface area contributed by atoms with Crippen molar-refractivity contribution in [1.82, 2.24) is 4.90 Å². The van der Waals surface area contributed by atoms with Crippen LogP contribution in [0.15, 0.2) is 48.1 Å². The van der Waals surface area contributed by atoms with Crippen LogP contribution in [0.3, 0.4) is 0 Å². The number of allylic oxidation sites excluding steroid dienone is 4. The van der Waals surface area contributed by atoms with Crippen LogP contribution >= 0.6 is 0 Å².